The molecule has 3 heterocycles. The number of fused-ring (bicyclic) bond motifs is 3. The fourth-order valence-corrected chi connectivity index (χ4v) is 4.02. The lowest BCUT2D eigenvalue weighted by Gasteiger charge is -2.07. The molecule has 150 valence electrons. The van der Waals surface area contributed by atoms with Crippen LogP contribution in [0.4, 0.5) is 0 Å². The average molecular weight is 465 g/mol. The summed E-state index contributed by atoms with van der Waals surface area (Å²) in [4.78, 5) is 25.8. The predicted molar refractivity (Wildman–Crippen MR) is 118 cm³/mol. The first-order valence-electron chi connectivity index (χ1n) is 9.30. The van der Waals surface area contributed by atoms with E-state index in [2.05, 4.69) is 26.1 Å². The van der Waals surface area contributed by atoms with Gasteiger partial charge in [0.1, 0.15) is 0 Å². The topological polar surface area (TPSA) is 79.1 Å². The van der Waals surface area contributed by atoms with E-state index in [1.807, 2.05) is 59.2 Å². The van der Waals surface area contributed by atoms with Crippen molar-refractivity contribution in [1.29, 1.82) is 0 Å². The van der Waals surface area contributed by atoms with Gasteiger partial charge >= 0.3 is 5.69 Å². The van der Waals surface area contributed by atoms with Crippen LogP contribution in [-0.4, -0.2) is 28.3 Å². The molecular weight excluding hydrogens is 448 g/mol. The highest BCUT2D eigenvalue weighted by molar-refractivity contribution is 9.10. The van der Waals surface area contributed by atoms with E-state index in [0.29, 0.717) is 29.3 Å². The van der Waals surface area contributed by atoms with Crippen LogP contribution in [0.5, 0.6) is 0 Å². The Labute approximate surface area is 178 Å². The second-order valence-corrected chi connectivity index (χ2v) is 8.03. The Kier molecular flexibility index (Phi) is 4.21. The van der Waals surface area contributed by atoms with E-state index in [0.717, 1.165) is 20.2 Å². The molecule has 3 aromatic heterocycles. The van der Waals surface area contributed by atoms with Gasteiger partial charge < -0.3 is 0 Å². The number of imidazole rings is 1. The minimum Gasteiger partial charge on any atom is -0.298 e. The van der Waals surface area contributed by atoms with Crippen molar-refractivity contribution < 1.29 is 0 Å². The van der Waals surface area contributed by atoms with E-state index in [9.17, 15) is 9.59 Å². The Bertz CT molecular complexity index is 1520. The van der Waals surface area contributed by atoms with Gasteiger partial charge in [0, 0.05) is 24.1 Å². The van der Waals surface area contributed by atoms with Gasteiger partial charge in [0.05, 0.1) is 6.54 Å². The van der Waals surface area contributed by atoms with Crippen molar-refractivity contribution in [3.05, 3.63) is 85.5 Å². The van der Waals surface area contributed by atoms with E-state index in [-0.39, 0.29) is 5.56 Å². The molecule has 0 fully saturated rings. The largest absolute Gasteiger partial charge is 0.332 e. The highest BCUT2D eigenvalue weighted by atomic mass is 79.9. The van der Waals surface area contributed by atoms with Crippen molar-refractivity contribution in [2.45, 2.75) is 6.54 Å². The molecule has 2 aromatic carbocycles. The van der Waals surface area contributed by atoms with Gasteiger partial charge in [-0.15, -0.1) is 10.2 Å². The predicted octanol–water partition coefficient (Wildman–Crippen LogP) is 2.56. The summed E-state index contributed by atoms with van der Waals surface area (Å²) in [6, 6.07) is 17.5. The highest BCUT2D eigenvalue weighted by Gasteiger charge is 2.24. The van der Waals surface area contributed by atoms with Gasteiger partial charge in [0.2, 0.25) is 5.78 Å². The molecule has 5 aromatic rings. The molecule has 30 heavy (non-hydrogen) atoms. The molecule has 5 rings (SSSR count). The molecule has 0 saturated heterocycles. The first kappa shape index (κ1) is 18.6. The summed E-state index contributed by atoms with van der Waals surface area (Å²) in [5.74, 6) is 1.07. The molecule has 0 radical (unpaired) electrons. The molecule has 0 amide bonds. The van der Waals surface area contributed by atoms with Crippen molar-refractivity contribution in [2.75, 3.05) is 0 Å². The van der Waals surface area contributed by atoms with E-state index >= 15 is 0 Å². The number of halogens is 1. The Morgan fingerprint density at radius 3 is 2.30 bits per heavy atom. The lowest BCUT2D eigenvalue weighted by Crippen LogP contribution is -2.37. The fraction of sp³-hybridized carbons (Fsp3) is 0.143. The minimum atomic E-state index is -0.401. The van der Waals surface area contributed by atoms with Crippen LogP contribution in [0.25, 0.3) is 28.3 Å². The third-order valence-corrected chi connectivity index (χ3v) is 5.79. The molecule has 0 atom stereocenters. The monoisotopic (exact) mass is 464 g/mol. The molecule has 0 bridgehead atoms. The molecule has 0 N–H and O–H groups in total. The number of aromatic nitrogens is 6. The Morgan fingerprint density at radius 1 is 0.900 bits per heavy atom. The van der Waals surface area contributed by atoms with Crippen LogP contribution in [-0.2, 0) is 20.6 Å². The number of hydrogen-bond donors (Lipinski definition) is 0. The molecule has 0 spiro atoms. The first-order chi connectivity index (χ1) is 14.5. The van der Waals surface area contributed by atoms with Crippen LogP contribution in [0.3, 0.4) is 0 Å². The summed E-state index contributed by atoms with van der Waals surface area (Å²) in [5, 5.41) is 8.78. The molecule has 0 aliphatic carbocycles. The second-order valence-electron chi connectivity index (χ2n) is 7.12. The zero-order valence-corrected chi connectivity index (χ0v) is 17.9. The van der Waals surface area contributed by atoms with E-state index in [4.69, 9.17) is 0 Å². The standard InChI is InChI=1S/C21H17BrN6O2/c1-25-18-16(19(29)26(2)21(25)30)27(12-13-6-4-3-5-7-13)20-24-23-17(28(18)20)14-8-10-15(22)11-9-14/h3-11H,12H2,1-2H3. The van der Waals surface area contributed by atoms with Crippen molar-refractivity contribution in [3.8, 4) is 11.4 Å². The SMILES string of the molecule is Cn1c(=O)c2c(n(C)c1=O)n1c(-c3ccc(Br)cc3)nnc1n2Cc1ccccc1. The van der Waals surface area contributed by atoms with Gasteiger partial charge in [-0.25, -0.2) is 9.20 Å². The lowest BCUT2D eigenvalue weighted by molar-refractivity contribution is 0.700. The number of nitrogens with zero attached hydrogens (tertiary/aromatic N) is 6. The van der Waals surface area contributed by atoms with Gasteiger partial charge in [-0.1, -0.05) is 58.4 Å². The van der Waals surface area contributed by atoms with E-state index in [1.54, 1.807) is 11.4 Å². The van der Waals surface area contributed by atoms with Crippen LogP contribution in [0, 0.1) is 0 Å². The quantitative estimate of drug-likeness (QED) is 0.411. The maximum atomic E-state index is 13.1. The Balaban J connectivity index is 1.92. The van der Waals surface area contributed by atoms with Crippen LogP contribution < -0.4 is 11.2 Å². The van der Waals surface area contributed by atoms with E-state index < -0.39 is 5.69 Å². The second kappa shape index (κ2) is 6.81. The molecule has 0 aliphatic heterocycles. The maximum Gasteiger partial charge on any atom is 0.332 e. The van der Waals surface area contributed by atoms with Crippen LogP contribution in [0.15, 0.2) is 68.7 Å². The van der Waals surface area contributed by atoms with Gasteiger partial charge in [-0.2, -0.15) is 0 Å². The number of rotatable bonds is 3. The normalized spacial score (nSPS) is 11.6. The maximum absolute atomic E-state index is 13.1. The highest BCUT2D eigenvalue weighted by Crippen LogP contribution is 2.26. The number of aryl methyl sites for hydroxylation is 1. The summed E-state index contributed by atoms with van der Waals surface area (Å²) in [6.07, 6.45) is 0. The Hall–Kier alpha value is -3.46. The third kappa shape index (κ3) is 2.66. The first-order valence-corrected chi connectivity index (χ1v) is 10.1. The molecular formula is C21H17BrN6O2. The van der Waals surface area contributed by atoms with E-state index in [1.165, 1.54) is 11.6 Å². The van der Waals surface area contributed by atoms with Gasteiger partial charge in [0.15, 0.2) is 17.0 Å². The number of benzene rings is 2. The smallest absolute Gasteiger partial charge is 0.298 e. The van der Waals surface area contributed by atoms with Gasteiger partial charge in [-0.05, 0) is 17.7 Å². The van der Waals surface area contributed by atoms with Crippen molar-refractivity contribution in [2.24, 2.45) is 14.1 Å². The summed E-state index contributed by atoms with van der Waals surface area (Å²) in [5.41, 5.74) is 1.96. The van der Waals surface area contributed by atoms with Crippen LogP contribution in [0.1, 0.15) is 5.56 Å². The zero-order valence-electron chi connectivity index (χ0n) is 16.3. The summed E-state index contributed by atoms with van der Waals surface area (Å²) in [7, 11) is 3.14. The summed E-state index contributed by atoms with van der Waals surface area (Å²) < 4.78 is 7.14. The molecule has 8 nitrogen and oxygen atoms in total. The lowest BCUT2D eigenvalue weighted by atomic mass is 10.2. The van der Waals surface area contributed by atoms with Crippen molar-refractivity contribution >= 4 is 32.9 Å². The molecule has 9 heteroatoms. The fourth-order valence-electron chi connectivity index (χ4n) is 3.76. The van der Waals surface area contributed by atoms with Crippen LogP contribution in [0.2, 0.25) is 0 Å². The average Bonchev–Trinajstić information content (AvgIpc) is 3.31. The van der Waals surface area contributed by atoms with Crippen LogP contribution >= 0.6 is 15.9 Å². The molecule has 0 unspecified atom stereocenters. The third-order valence-electron chi connectivity index (χ3n) is 5.27. The zero-order chi connectivity index (χ0) is 21.0. The van der Waals surface area contributed by atoms with Gasteiger partial charge in [0.25, 0.3) is 5.56 Å². The minimum absolute atomic E-state index is 0.365. The van der Waals surface area contributed by atoms with Crippen molar-refractivity contribution in [1.82, 2.24) is 28.3 Å². The summed E-state index contributed by atoms with van der Waals surface area (Å²) in [6.45, 7) is 0.430. The van der Waals surface area contributed by atoms with Gasteiger partial charge in [-0.3, -0.25) is 18.5 Å². The molecule has 0 aliphatic rings. The summed E-state index contributed by atoms with van der Waals surface area (Å²) >= 11 is 3.44. The molecule has 0 saturated carbocycles. The number of hydrogen-bond acceptors (Lipinski definition) is 4. The Morgan fingerprint density at radius 2 is 1.60 bits per heavy atom. The van der Waals surface area contributed by atoms with Crippen molar-refractivity contribution in [3.63, 3.8) is 0 Å².